The van der Waals surface area contributed by atoms with Gasteiger partial charge in [0.2, 0.25) is 10.0 Å². The molecule has 0 aliphatic carbocycles. The van der Waals surface area contributed by atoms with Gasteiger partial charge in [0.25, 0.3) is 0 Å². The smallest absolute Gasteiger partial charge is 0.224 e. The van der Waals surface area contributed by atoms with Crippen molar-refractivity contribution in [3.8, 4) is 0 Å². The molecule has 8 heteroatoms. The van der Waals surface area contributed by atoms with E-state index in [9.17, 15) is 16.8 Å². The van der Waals surface area contributed by atoms with E-state index in [1.807, 2.05) is 27.7 Å². The first-order valence-corrected chi connectivity index (χ1v) is 13.7. The number of hydrogen-bond donors (Lipinski definition) is 0. The maximum Gasteiger partial charge on any atom is 0.244 e. The molecule has 0 spiro atoms. The Kier molecular flexibility index (Phi) is 6.48. The van der Waals surface area contributed by atoms with Crippen molar-refractivity contribution in [1.82, 2.24) is 4.31 Å². The summed E-state index contributed by atoms with van der Waals surface area (Å²) >= 11 is 1.40. The number of nitrogens with zero attached hydrogens (tertiary/aromatic N) is 1. The van der Waals surface area contributed by atoms with Gasteiger partial charge in [0.15, 0.2) is 9.84 Å². The Bertz CT molecular complexity index is 1060. The summed E-state index contributed by atoms with van der Waals surface area (Å²) in [6.45, 7) is 7.74. The zero-order valence-electron chi connectivity index (χ0n) is 17.1. The Morgan fingerprint density at radius 3 is 1.86 bits per heavy atom. The highest BCUT2D eigenvalue weighted by molar-refractivity contribution is 8.02. The van der Waals surface area contributed by atoms with Crippen molar-refractivity contribution in [2.45, 2.75) is 48.9 Å². The lowest BCUT2D eigenvalue weighted by molar-refractivity contribution is 0.294. The molecule has 1 fully saturated rings. The summed E-state index contributed by atoms with van der Waals surface area (Å²) in [7, 11) is -7.43. The largest absolute Gasteiger partial charge is 0.244 e. The maximum absolute atomic E-state index is 13.5. The van der Waals surface area contributed by atoms with E-state index in [4.69, 9.17) is 0 Å². The van der Waals surface area contributed by atoms with Crippen molar-refractivity contribution in [1.29, 1.82) is 0 Å². The third-order valence-electron chi connectivity index (χ3n) is 5.18. The molecular formula is C21H27NO4S3. The number of rotatable bonds is 6. The molecule has 29 heavy (non-hydrogen) atoms. The highest BCUT2D eigenvalue weighted by atomic mass is 32.2. The minimum absolute atomic E-state index is 0.0785. The molecule has 0 radical (unpaired) electrons. The van der Waals surface area contributed by atoms with E-state index in [0.717, 1.165) is 11.1 Å². The van der Waals surface area contributed by atoms with Crippen LogP contribution < -0.4 is 0 Å². The molecule has 2 atom stereocenters. The average Bonchev–Trinajstić information content (AvgIpc) is 3.06. The van der Waals surface area contributed by atoms with Crippen molar-refractivity contribution in [3.63, 3.8) is 0 Å². The summed E-state index contributed by atoms with van der Waals surface area (Å²) in [6, 6.07) is 13.2. The fraction of sp³-hybridized carbons (Fsp3) is 0.429. The van der Waals surface area contributed by atoms with Crippen molar-refractivity contribution < 1.29 is 16.8 Å². The number of hydrogen-bond acceptors (Lipinski definition) is 5. The van der Waals surface area contributed by atoms with Gasteiger partial charge < -0.3 is 0 Å². The van der Waals surface area contributed by atoms with E-state index >= 15 is 0 Å². The zero-order chi connectivity index (χ0) is 21.4. The van der Waals surface area contributed by atoms with Gasteiger partial charge in [0.1, 0.15) is 0 Å². The quantitative estimate of drug-likeness (QED) is 0.664. The monoisotopic (exact) mass is 453 g/mol. The second-order valence-electron chi connectivity index (χ2n) is 7.84. The number of sulfonamides is 1. The van der Waals surface area contributed by atoms with Crippen LogP contribution >= 0.6 is 11.8 Å². The van der Waals surface area contributed by atoms with Crippen LogP contribution in [0, 0.1) is 19.8 Å². The molecular weight excluding hydrogens is 426 g/mol. The SMILES string of the molecule is Cc1ccc(S(=O)(=O)C[C@@H]2SC[C@H](C(C)C)N2S(=O)(=O)c2ccc(C)cc2)cc1. The van der Waals surface area contributed by atoms with Crippen LogP contribution in [0.5, 0.6) is 0 Å². The summed E-state index contributed by atoms with van der Waals surface area (Å²) in [5.41, 5.74) is 1.95. The molecule has 0 N–H and O–H groups in total. The zero-order valence-corrected chi connectivity index (χ0v) is 19.5. The van der Waals surface area contributed by atoms with Crippen LogP contribution in [0.1, 0.15) is 25.0 Å². The molecule has 0 amide bonds. The first kappa shape index (κ1) is 22.3. The molecule has 2 aromatic rings. The summed E-state index contributed by atoms with van der Waals surface area (Å²) in [6.07, 6.45) is 0. The lowest BCUT2D eigenvalue weighted by atomic mass is 10.1. The molecule has 0 saturated carbocycles. The second kappa shape index (κ2) is 8.41. The second-order valence-corrected chi connectivity index (χ2v) is 12.9. The summed E-state index contributed by atoms with van der Waals surface area (Å²) < 4.78 is 54.3. The standard InChI is InChI=1S/C21H27NO4S3/c1-15(2)20-13-27-21(14-28(23,24)18-9-5-16(3)6-10-18)22(20)29(25,26)19-11-7-17(4)8-12-19/h5-12,15,20-21H,13-14H2,1-4H3/t20-,21+/m1/s1. The maximum atomic E-state index is 13.5. The first-order valence-electron chi connectivity index (χ1n) is 9.53. The summed E-state index contributed by atoms with van der Waals surface area (Å²) in [5, 5.41) is -0.653. The fourth-order valence-electron chi connectivity index (χ4n) is 3.37. The topological polar surface area (TPSA) is 71.5 Å². The average molecular weight is 454 g/mol. The highest BCUT2D eigenvalue weighted by Gasteiger charge is 2.45. The Balaban J connectivity index is 1.97. The van der Waals surface area contributed by atoms with Crippen LogP contribution in [0.4, 0.5) is 0 Å². The van der Waals surface area contributed by atoms with Crippen LogP contribution in [0.2, 0.25) is 0 Å². The van der Waals surface area contributed by atoms with Crippen molar-refractivity contribution in [2.24, 2.45) is 5.92 Å². The van der Waals surface area contributed by atoms with Gasteiger partial charge in [0, 0.05) is 11.8 Å². The van der Waals surface area contributed by atoms with Gasteiger partial charge in [-0.05, 0) is 44.0 Å². The molecule has 0 aromatic heterocycles. The number of aryl methyl sites for hydroxylation is 2. The Hall–Kier alpha value is -1.35. The molecule has 0 unspecified atom stereocenters. The molecule has 1 saturated heterocycles. The lowest BCUT2D eigenvalue weighted by Crippen LogP contribution is -2.46. The van der Waals surface area contributed by atoms with Crippen molar-refractivity contribution in [2.75, 3.05) is 11.5 Å². The predicted molar refractivity (Wildman–Crippen MR) is 118 cm³/mol. The molecule has 1 aliphatic rings. The fourth-order valence-corrected chi connectivity index (χ4v) is 9.34. The van der Waals surface area contributed by atoms with E-state index in [-0.39, 0.29) is 27.5 Å². The first-order chi connectivity index (χ1) is 13.5. The molecule has 1 heterocycles. The molecule has 5 nitrogen and oxygen atoms in total. The van der Waals surface area contributed by atoms with Crippen molar-refractivity contribution >= 4 is 31.6 Å². The van der Waals surface area contributed by atoms with Crippen LogP contribution in [0.3, 0.4) is 0 Å². The normalized spacial score (nSPS) is 21.0. The van der Waals surface area contributed by atoms with E-state index in [2.05, 4.69) is 0 Å². The molecule has 2 aromatic carbocycles. The Labute approximate surface area is 178 Å². The van der Waals surface area contributed by atoms with Gasteiger partial charge in [-0.1, -0.05) is 49.2 Å². The highest BCUT2D eigenvalue weighted by Crippen LogP contribution is 2.38. The Morgan fingerprint density at radius 1 is 0.897 bits per heavy atom. The van der Waals surface area contributed by atoms with Gasteiger partial charge in [-0.2, -0.15) is 4.31 Å². The third-order valence-corrected chi connectivity index (χ3v) is 10.5. The van der Waals surface area contributed by atoms with Gasteiger partial charge >= 0.3 is 0 Å². The molecule has 0 bridgehead atoms. The summed E-state index contributed by atoms with van der Waals surface area (Å²) in [5.74, 6) is 0.418. The molecule has 158 valence electrons. The number of sulfone groups is 1. The van der Waals surface area contributed by atoms with Gasteiger partial charge in [-0.3, -0.25) is 0 Å². The van der Waals surface area contributed by atoms with Gasteiger partial charge in [0.05, 0.1) is 20.9 Å². The van der Waals surface area contributed by atoms with Gasteiger partial charge in [-0.25, -0.2) is 16.8 Å². The Morgan fingerprint density at radius 2 is 1.38 bits per heavy atom. The van der Waals surface area contributed by atoms with E-state index in [1.54, 1.807) is 48.5 Å². The predicted octanol–water partition coefficient (Wildman–Crippen LogP) is 3.87. The van der Waals surface area contributed by atoms with Crippen molar-refractivity contribution in [3.05, 3.63) is 59.7 Å². The van der Waals surface area contributed by atoms with E-state index in [0.29, 0.717) is 5.75 Å². The van der Waals surface area contributed by atoms with Crippen LogP contribution in [0.15, 0.2) is 58.3 Å². The van der Waals surface area contributed by atoms with E-state index in [1.165, 1.54) is 16.1 Å². The lowest BCUT2D eigenvalue weighted by Gasteiger charge is -2.30. The number of thioether (sulfide) groups is 1. The van der Waals surface area contributed by atoms with E-state index < -0.39 is 25.2 Å². The molecule has 1 aliphatic heterocycles. The third kappa shape index (κ3) is 4.71. The summed E-state index contributed by atoms with van der Waals surface area (Å²) in [4.78, 5) is 0.429. The van der Waals surface area contributed by atoms with Crippen LogP contribution in [0.25, 0.3) is 0 Å². The number of benzene rings is 2. The van der Waals surface area contributed by atoms with Crippen LogP contribution in [-0.4, -0.2) is 44.1 Å². The minimum Gasteiger partial charge on any atom is -0.224 e. The van der Waals surface area contributed by atoms with Crippen LogP contribution in [-0.2, 0) is 19.9 Å². The minimum atomic E-state index is -3.81. The molecule has 3 rings (SSSR count). The van der Waals surface area contributed by atoms with Gasteiger partial charge in [-0.15, -0.1) is 11.8 Å².